The van der Waals surface area contributed by atoms with Crippen LogP contribution in [0, 0.1) is 12.7 Å². The molecule has 0 atom stereocenters. The number of aromatic nitrogens is 3. The summed E-state index contributed by atoms with van der Waals surface area (Å²) in [6, 6.07) is 0. The van der Waals surface area contributed by atoms with Gasteiger partial charge in [0.1, 0.15) is 0 Å². The summed E-state index contributed by atoms with van der Waals surface area (Å²) in [5, 5.41) is 0. The van der Waals surface area contributed by atoms with Crippen molar-refractivity contribution in [3.8, 4) is 0 Å². The van der Waals surface area contributed by atoms with Gasteiger partial charge in [-0.25, -0.2) is 0 Å². The van der Waals surface area contributed by atoms with E-state index in [9.17, 15) is 0 Å². The Morgan fingerprint density at radius 2 is 1.50 bits per heavy atom. The monoisotopic (exact) mass is 453 g/mol. The van der Waals surface area contributed by atoms with Crippen LogP contribution in [0.4, 0.5) is 0 Å². The topological polar surface area (TPSA) is 38.7 Å². The molecule has 44 valence electrons. The van der Waals surface area contributed by atoms with Crippen molar-refractivity contribution in [1.82, 2.24) is 15.0 Å². The van der Waals surface area contributed by atoms with E-state index in [0.29, 0.717) is 0 Å². The predicted molar refractivity (Wildman–Crippen MR) is 17.5 cm³/mol. The summed E-state index contributed by atoms with van der Waals surface area (Å²) in [6.07, 6.45) is 5.88. The van der Waals surface area contributed by atoms with Crippen LogP contribution in [0.2, 0.25) is 0 Å². The average Bonchev–Trinajstić information content (AvgIpc) is 1.72. The second-order valence-corrected chi connectivity index (χ2v) is 0.685. The molecule has 1 heterocycles. The first kappa shape index (κ1) is 11.2. The standard InChI is InChI=1S/C3HN3.2Re/c1-4-2-6-3-5-1;;/h1H;;/q-2;;. The molecule has 0 bridgehead atoms. The van der Waals surface area contributed by atoms with E-state index in [0.717, 1.165) is 0 Å². The van der Waals surface area contributed by atoms with Gasteiger partial charge in [0.15, 0.2) is 0 Å². The van der Waals surface area contributed by atoms with Crippen molar-refractivity contribution in [3.63, 3.8) is 0 Å². The molecule has 1 aromatic heterocycles. The second kappa shape index (κ2) is 7.33. The van der Waals surface area contributed by atoms with Gasteiger partial charge < -0.3 is 15.0 Å². The maximum atomic E-state index is 3.41. The van der Waals surface area contributed by atoms with E-state index in [-0.39, 0.29) is 40.8 Å². The molecule has 3 nitrogen and oxygen atoms in total. The molecule has 0 unspecified atom stereocenters. The molecular weight excluding hydrogens is 450 g/mol. The van der Waals surface area contributed by atoms with Crippen molar-refractivity contribution >= 4 is 0 Å². The van der Waals surface area contributed by atoms with Crippen LogP contribution in [-0.4, -0.2) is 15.0 Å². The summed E-state index contributed by atoms with van der Waals surface area (Å²) in [6.45, 7) is 0. The van der Waals surface area contributed by atoms with Crippen LogP contribution in [0.3, 0.4) is 0 Å². The Labute approximate surface area is 74.6 Å². The van der Waals surface area contributed by atoms with Crippen molar-refractivity contribution in [3.05, 3.63) is 19.0 Å². The van der Waals surface area contributed by atoms with Crippen molar-refractivity contribution in [2.24, 2.45) is 0 Å². The normalized spacial score (nSPS) is 6.00. The minimum Gasteiger partial charge on any atom is -0.505 e. The van der Waals surface area contributed by atoms with Gasteiger partial charge in [-0.3, -0.25) is 0 Å². The van der Waals surface area contributed by atoms with Crippen molar-refractivity contribution in [1.29, 1.82) is 0 Å². The van der Waals surface area contributed by atoms with Gasteiger partial charge in [0.05, 0.1) is 0 Å². The van der Waals surface area contributed by atoms with Crippen LogP contribution in [0.15, 0.2) is 6.33 Å². The maximum absolute atomic E-state index is 3.41. The molecule has 0 fully saturated rings. The number of rotatable bonds is 0. The molecule has 0 aliphatic heterocycles. The molecule has 0 spiro atoms. The molecule has 1 rings (SSSR count). The Kier molecular flexibility index (Phi) is 10.2. The van der Waals surface area contributed by atoms with E-state index in [4.69, 9.17) is 0 Å². The first-order chi connectivity index (χ1) is 3.00. The van der Waals surface area contributed by atoms with Gasteiger partial charge >= 0.3 is 0 Å². The number of hydrogen-bond donors (Lipinski definition) is 0. The maximum Gasteiger partial charge on any atom is 0 e. The number of hydrogen-bond acceptors (Lipinski definition) is 3. The van der Waals surface area contributed by atoms with E-state index < -0.39 is 0 Å². The van der Waals surface area contributed by atoms with Crippen LogP contribution < -0.4 is 0 Å². The molecule has 0 aliphatic carbocycles. The summed E-state index contributed by atoms with van der Waals surface area (Å²) in [5.41, 5.74) is 0. The zero-order valence-electron chi connectivity index (χ0n) is 3.67. The molecule has 0 aromatic carbocycles. The van der Waals surface area contributed by atoms with E-state index in [2.05, 4.69) is 27.6 Å². The Morgan fingerprint density at radius 1 is 1.00 bits per heavy atom. The minimum absolute atomic E-state index is 0. The zero-order valence-corrected chi connectivity index (χ0v) is 9.11. The quantitative estimate of drug-likeness (QED) is 0.498. The molecule has 0 amide bonds. The Bertz CT molecular complexity index is 84.5. The third-order valence-corrected chi connectivity index (χ3v) is 0.331. The molecule has 5 heteroatoms. The van der Waals surface area contributed by atoms with Crippen LogP contribution in [0.1, 0.15) is 0 Å². The van der Waals surface area contributed by atoms with Crippen LogP contribution in [0.25, 0.3) is 0 Å². The van der Waals surface area contributed by atoms with Crippen molar-refractivity contribution in [2.45, 2.75) is 0 Å². The van der Waals surface area contributed by atoms with E-state index >= 15 is 0 Å². The van der Waals surface area contributed by atoms with Gasteiger partial charge in [-0.1, -0.05) is 0 Å². The zero-order chi connectivity index (χ0) is 4.24. The van der Waals surface area contributed by atoms with Gasteiger partial charge in [0, 0.05) is 40.8 Å². The van der Waals surface area contributed by atoms with E-state index in [1.165, 1.54) is 6.33 Å². The van der Waals surface area contributed by atoms with E-state index in [1.807, 2.05) is 0 Å². The molecule has 0 aliphatic rings. The molecule has 8 heavy (non-hydrogen) atoms. The summed E-state index contributed by atoms with van der Waals surface area (Å²) >= 11 is 0. The largest absolute Gasteiger partial charge is 0.505 e. The predicted octanol–water partition coefficient (Wildman–Crippen LogP) is -0.533. The average molecular weight is 451 g/mol. The molecule has 2 radical (unpaired) electrons. The van der Waals surface area contributed by atoms with Gasteiger partial charge in [-0.15, -0.1) is 6.33 Å². The van der Waals surface area contributed by atoms with Crippen molar-refractivity contribution in [2.75, 3.05) is 0 Å². The Hall–Kier alpha value is 0.335. The molecule has 0 saturated carbocycles. The summed E-state index contributed by atoms with van der Waals surface area (Å²) < 4.78 is 0. The van der Waals surface area contributed by atoms with Gasteiger partial charge in [0.2, 0.25) is 0 Å². The van der Waals surface area contributed by atoms with Gasteiger partial charge in [0.25, 0.3) is 0 Å². The smallest absolute Gasteiger partial charge is 0 e. The fraction of sp³-hybridized carbons (Fsp3) is 0. The molecular formula is C3HN3Re2-2. The number of nitrogens with zero attached hydrogens (tertiary/aromatic N) is 3. The minimum atomic E-state index is 0. The third kappa shape index (κ3) is 4.49. The third-order valence-electron chi connectivity index (χ3n) is 0.331. The van der Waals surface area contributed by atoms with Crippen LogP contribution in [0.5, 0.6) is 0 Å². The molecule has 0 N–H and O–H groups in total. The summed E-state index contributed by atoms with van der Waals surface area (Å²) in [5.74, 6) is 0. The van der Waals surface area contributed by atoms with Crippen molar-refractivity contribution < 1.29 is 40.8 Å². The Balaban J connectivity index is 0. The first-order valence-electron chi connectivity index (χ1n) is 1.41. The SMILES string of the molecule is [Re].[Re].[c-]1n[c-]ncn1. The second-order valence-electron chi connectivity index (χ2n) is 0.685. The van der Waals surface area contributed by atoms with Crippen LogP contribution in [-0.2, 0) is 40.8 Å². The van der Waals surface area contributed by atoms with Gasteiger partial charge in [-0.05, 0) is 0 Å². The van der Waals surface area contributed by atoms with Gasteiger partial charge in [-0.2, -0.15) is 12.7 Å². The summed E-state index contributed by atoms with van der Waals surface area (Å²) in [4.78, 5) is 10.1. The molecule has 1 aromatic rings. The molecule has 0 saturated heterocycles. The first-order valence-corrected chi connectivity index (χ1v) is 1.41. The van der Waals surface area contributed by atoms with Crippen LogP contribution >= 0.6 is 0 Å². The fourth-order valence-corrected chi connectivity index (χ4v) is 0.161. The fourth-order valence-electron chi connectivity index (χ4n) is 0.161. The summed E-state index contributed by atoms with van der Waals surface area (Å²) in [7, 11) is 0. The Morgan fingerprint density at radius 3 is 1.62 bits per heavy atom. The van der Waals surface area contributed by atoms with E-state index in [1.54, 1.807) is 0 Å².